The highest BCUT2D eigenvalue weighted by atomic mass is 35.7. The van der Waals surface area contributed by atoms with E-state index in [0.29, 0.717) is 12.1 Å². The van der Waals surface area contributed by atoms with Crippen LogP contribution in [0.25, 0.3) is 10.9 Å². The molecule has 1 aliphatic carbocycles. The molecule has 0 amide bonds. The topological polar surface area (TPSA) is 39.1 Å². The number of halogens is 2. The van der Waals surface area contributed by atoms with Gasteiger partial charge < -0.3 is 4.57 Å². The van der Waals surface area contributed by atoms with E-state index in [2.05, 4.69) is 0 Å². The molecule has 0 bridgehead atoms. The Morgan fingerprint density at radius 2 is 2.11 bits per heavy atom. The molecule has 0 N–H and O–H groups in total. The highest BCUT2D eigenvalue weighted by molar-refractivity contribution is 8.14. The fourth-order valence-electron chi connectivity index (χ4n) is 2.37. The predicted octanol–water partition coefficient (Wildman–Crippen LogP) is 3.51. The molecular weight excluding hydrogens is 289 g/mol. The summed E-state index contributed by atoms with van der Waals surface area (Å²) in [6.45, 7) is 0.691. The van der Waals surface area contributed by atoms with Crippen LogP contribution in [0.3, 0.4) is 0 Å². The van der Waals surface area contributed by atoms with Crippen molar-refractivity contribution >= 4 is 30.6 Å². The summed E-state index contributed by atoms with van der Waals surface area (Å²) in [5.41, 5.74) is 0.583. The van der Waals surface area contributed by atoms with Gasteiger partial charge in [0.1, 0.15) is 10.7 Å². The van der Waals surface area contributed by atoms with Crippen molar-refractivity contribution in [3.05, 3.63) is 30.2 Å². The molecule has 1 aromatic carbocycles. The van der Waals surface area contributed by atoms with Crippen molar-refractivity contribution in [3.8, 4) is 0 Å². The molecule has 1 saturated carbocycles. The van der Waals surface area contributed by atoms with Gasteiger partial charge in [-0.15, -0.1) is 0 Å². The third-order valence-corrected chi connectivity index (χ3v) is 4.89. The van der Waals surface area contributed by atoms with Gasteiger partial charge in [0, 0.05) is 23.4 Å². The number of hydrogen-bond acceptors (Lipinski definition) is 2. The van der Waals surface area contributed by atoms with Gasteiger partial charge in [-0.25, -0.2) is 12.8 Å². The van der Waals surface area contributed by atoms with Crippen LogP contribution in [0.2, 0.25) is 0 Å². The van der Waals surface area contributed by atoms with E-state index in [1.807, 2.05) is 0 Å². The van der Waals surface area contributed by atoms with E-state index in [0.717, 1.165) is 12.3 Å². The summed E-state index contributed by atoms with van der Waals surface area (Å²) in [6, 6.07) is 4.55. The number of benzene rings is 1. The fraction of sp³-hybridized carbons (Fsp3) is 0.385. The average Bonchev–Trinajstić information content (AvgIpc) is 3.06. The molecule has 1 aromatic heterocycles. The summed E-state index contributed by atoms with van der Waals surface area (Å²) in [5.74, 6) is 0.170. The molecule has 0 atom stereocenters. The summed E-state index contributed by atoms with van der Waals surface area (Å²) >= 11 is 0. The van der Waals surface area contributed by atoms with Gasteiger partial charge in [0.15, 0.2) is 0 Å². The molecule has 19 heavy (non-hydrogen) atoms. The van der Waals surface area contributed by atoms with Crippen LogP contribution in [0.1, 0.15) is 19.3 Å². The van der Waals surface area contributed by atoms with Gasteiger partial charge in [-0.05, 0) is 24.5 Å². The number of rotatable bonds is 4. The smallest absolute Gasteiger partial charge is 0.263 e. The number of fused-ring (bicyclic) bond motifs is 1. The van der Waals surface area contributed by atoms with E-state index in [4.69, 9.17) is 10.7 Å². The summed E-state index contributed by atoms with van der Waals surface area (Å²) in [4.78, 5) is -0.141. The van der Waals surface area contributed by atoms with Gasteiger partial charge in [0.05, 0.1) is 10.9 Å². The Kier molecular flexibility index (Phi) is 3.06. The molecule has 0 radical (unpaired) electrons. The molecule has 6 heteroatoms. The van der Waals surface area contributed by atoms with Crippen LogP contribution in [-0.4, -0.2) is 13.0 Å². The maximum atomic E-state index is 13.9. The van der Waals surface area contributed by atoms with Gasteiger partial charge in [0.2, 0.25) is 0 Å². The monoisotopic (exact) mass is 301 g/mol. The maximum absolute atomic E-state index is 13.9. The molecular formula is C13H13ClFNO2S. The second kappa shape index (κ2) is 4.49. The van der Waals surface area contributed by atoms with Gasteiger partial charge in [-0.1, -0.05) is 18.9 Å². The first-order valence-electron chi connectivity index (χ1n) is 6.19. The van der Waals surface area contributed by atoms with E-state index in [-0.39, 0.29) is 10.3 Å². The van der Waals surface area contributed by atoms with Gasteiger partial charge in [0.25, 0.3) is 9.05 Å². The van der Waals surface area contributed by atoms with E-state index in [1.54, 1.807) is 16.7 Å². The van der Waals surface area contributed by atoms with Crippen LogP contribution >= 0.6 is 10.7 Å². The predicted molar refractivity (Wildman–Crippen MR) is 72.3 cm³/mol. The minimum atomic E-state index is -3.94. The lowest BCUT2D eigenvalue weighted by molar-refractivity contribution is 0.601. The molecule has 102 valence electrons. The molecule has 1 fully saturated rings. The average molecular weight is 302 g/mol. The Morgan fingerprint density at radius 3 is 2.74 bits per heavy atom. The Bertz CT molecular complexity index is 734. The SMILES string of the molecule is O=S(=O)(Cl)c1cn(CCC2CC2)c2cccc(F)c12. The van der Waals surface area contributed by atoms with Crippen molar-refractivity contribution in [3.63, 3.8) is 0 Å². The van der Waals surface area contributed by atoms with Crippen molar-refractivity contribution in [1.82, 2.24) is 4.57 Å². The summed E-state index contributed by atoms with van der Waals surface area (Å²) in [7, 11) is 1.45. The highest BCUT2D eigenvalue weighted by Crippen LogP contribution is 2.35. The zero-order valence-electron chi connectivity index (χ0n) is 10.1. The zero-order valence-corrected chi connectivity index (χ0v) is 11.7. The Morgan fingerprint density at radius 1 is 1.37 bits per heavy atom. The Hall–Kier alpha value is -1.07. The number of hydrogen-bond donors (Lipinski definition) is 0. The quantitative estimate of drug-likeness (QED) is 0.811. The second-order valence-corrected chi connectivity index (χ2v) is 7.52. The first kappa shape index (κ1) is 12.9. The van der Waals surface area contributed by atoms with Crippen molar-refractivity contribution in [2.24, 2.45) is 5.92 Å². The normalized spacial score (nSPS) is 16.1. The number of nitrogens with zero attached hydrogens (tertiary/aromatic N) is 1. The molecule has 0 saturated heterocycles. The standard InChI is InChI=1S/C13H13ClFNO2S/c14-19(17,18)12-8-16(7-6-9-4-5-9)11-3-1-2-10(15)13(11)12/h1-3,8-9H,4-7H2. The molecule has 1 aliphatic rings. The zero-order chi connectivity index (χ0) is 13.6. The summed E-state index contributed by atoms with van der Waals surface area (Å²) in [5, 5.41) is 0.0910. The first-order chi connectivity index (χ1) is 8.97. The number of aromatic nitrogens is 1. The molecule has 0 aliphatic heterocycles. The minimum absolute atomic E-state index is 0.0910. The van der Waals surface area contributed by atoms with Crippen molar-refractivity contribution in [2.75, 3.05) is 0 Å². The van der Waals surface area contributed by atoms with E-state index >= 15 is 0 Å². The van der Waals surface area contributed by atoms with Crippen LogP contribution in [-0.2, 0) is 15.6 Å². The third-order valence-electron chi connectivity index (χ3n) is 3.56. The first-order valence-corrected chi connectivity index (χ1v) is 8.50. The maximum Gasteiger partial charge on any atom is 0.263 e. The molecule has 0 spiro atoms. The van der Waals surface area contributed by atoms with Crippen molar-refractivity contribution in [1.29, 1.82) is 0 Å². The van der Waals surface area contributed by atoms with Gasteiger partial charge in [-0.3, -0.25) is 0 Å². The van der Waals surface area contributed by atoms with Crippen LogP contribution in [0.5, 0.6) is 0 Å². The molecule has 3 nitrogen and oxygen atoms in total. The van der Waals surface area contributed by atoms with Crippen LogP contribution in [0.15, 0.2) is 29.3 Å². The Labute approximate surface area is 115 Å². The summed E-state index contributed by atoms with van der Waals surface area (Å²) in [6.07, 6.45) is 4.89. The third kappa shape index (κ3) is 2.49. The van der Waals surface area contributed by atoms with Crippen molar-refractivity contribution < 1.29 is 12.8 Å². The summed E-state index contributed by atoms with van der Waals surface area (Å²) < 4.78 is 38.7. The van der Waals surface area contributed by atoms with E-state index < -0.39 is 14.9 Å². The largest absolute Gasteiger partial charge is 0.346 e. The van der Waals surface area contributed by atoms with Gasteiger partial charge >= 0.3 is 0 Å². The lowest BCUT2D eigenvalue weighted by Crippen LogP contribution is -1.97. The fourth-order valence-corrected chi connectivity index (χ4v) is 3.42. The van der Waals surface area contributed by atoms with Crippen LogP contribution in [0.4, 0.5) is 4.39 Å². The molecule has 1 heterocycles. The molecule has 0 unspecified atom stereocenters. The van der Waals surface area contributed by atoms with Crippen LogP contribution in [0, 0.1) is 11.7 Å². The van der Waals surface area contributed by atoms with Gasteiger partial charge in [-0.2, -0.15) is 0 Å². The van der Waals surface area contributed by atoms with E-state index in [1.165, 1.54) is 25.1 Å². The lowest BCUT2D eigenvalue weighted by Gasteiger charge is -2.03. The second-order valence-electron chi connectivity index (χ2n) is 4.99. The number of aryl methyl sites for hydroxylation is 1. The lowest BCUT2D eigenvalue weighted by atomic mass is 10.2. The molecule has 3 rings (SSSR count). The Balaban J connectivity index is 2.14. The molecule has 2 aromatic rings. The van der Waals surface area contributed by atoms with Crippen molar-refractivity contribution in [2.45, 2.75) is 30.7 Å². The highest BCUT2D eigenvalue weighted by Gasteiger charge is 2.24. The van der Waals surface area contributed by atoms with E-state index in [9.17, 15) is 12.8 Å². The minimum Gasteiger partial charge on any atom is -0.346 e. The van der Waals surface area contributed by atoms with Crippen LogP contribution < -0.4 is 0 Å².